The average Bonchev–Trinajstić information content (AvgIpc) is 3.01. The largest absolute Gasteiger partial charge is 0.311 e. The Labute approximate surface area is 138 Å². The summed E-state index contributed by atoms with van der Waals surface area (Å²) >= 11 is 0. The molecule has 0 aliphatic carbocycles. The van der Waals surface area contributed by atoms with Crippen molar-refractivity contribution in [3.63, 3.8) is 0 Å². The Morgan fingerprint density at radius 3 is 2.88 bits per heavy atom. The summed E-state index contributed by atoms with van der Waals surface area (Å²) in [6.45, 7) is 3.98. The lowest BCUT2D eigenvalue weighted by Gasteiger charge is -2.11. The predicted molar refractivity (Wildman–Crippen MR) is 91.9 cm³/mol. The van der Waals surface area contributed by atoms with E-state index in [-0.39, 0.29) is 23.9 Å². The Morgan fingerprint density at radius 2 is 2.08 bits per heavy atom. The summed E-state index contributed by atoms with van der Waals surface area (Å²) in [5, 5.41) is 7.56. The van der Waals surface area contributed by atoms with E-state index in [1.165, 1.54) is 0 Å². The zero-order chi connectivity index (χ0) is 17.1. The molecule has 1 amide bonds. The molecule has 0 radical (unpaired) electrons. The van der Waals surface area contributed by atoms with Crippen molar-refractivity contribution < 1.29 is 4.79 Å². The van der Waals surface area contributed by atoms with Gasteiger partial charge in [-0.2, -0.15) is 5.10 Å². The van der Waals surface area contributed by atoms with Crippen molar-refractivity contribution in [2.24, 2.45) is 0 Å². The molecule has 0 fully saturated rings. The zero-order valence-electron chi connectivity index (χ0n) is 13.6. The fourth-order valence-electron chi connectivity index (χ4n) is 2.52. The fourth-order valence-corrected chi connectivity index (χ4v) is 2.52. The van der Waals surface area contributed by atoms with Crippen LogP contribution in [-0.2, 0) is 11.2 Å². The zero-order valence-corrected chi connectivity index (χ0v) is 13.6. The number of carbonyl (C=O) groups excluding carboxylic acids is 1. The molecule has 3 aromatic rings. The lowest BCUT2D eigenvalue weighted by molar-refractivity contribution is -0.116. The van der Waals surface area contributed by atoms with E-state index in [1.54, 1.807) is 35.1 Å². The van der Waals surface area contributed by atoms with Crippen molar-refractivity contribution in [1.29, 1.82) is 0 Å². The molecular formula is C17H19N5O2. The van der Waals surface area contributed by atoms with Crippen molar-refractivity contribution in [3.05, 3.63) is 52.7 Å². The minimum atomic E-state index is -0.186. The first kappa shape index (κ1) is 15.9. The lowest BCUT2D eigenvalue weighted by Crippen LogP contribution is -2.18. The van der Waals surface area contributed by atoms with Crippen molar-refractivity contribution in [3.8, 4) is 0 Å². The molecule has 1 aromatic carbocycles. The molecule has 0 spiro atoms. The third-order valence-electron chi connectivity index (χ3n) is 3.68. The smallest absolute Gasteiger partial charge is 0.258 e. The predicted octanol–water partition coefficient (Wildman–Crippen LogP) is 2.27. The molecule has 0 atom stereocenters. The number of nitrogens with one attached hydrogen (secondary N) is 2. The SMILES string of the molecule is CC(C)n1nccc1NC(=O)CCc1nc2ccccc2c(=O)[nH]1. The highest BCUT2D eigenvalue weighted by Gasteiger charge is 2.11. The van der Waals surface area contributed by atoms with E-state index in [0.717, 1.165) is 0 Å². The van der Waals surface area contributed by atoms with Gasteiger partial charge < -0.3 is 10.3 Å². The number of anilines is 1. The molecular weight excluding hydrogens is 306 g/mol. The topological polar surface area (TPSA) is 92.7 Å². The molecule has 0 bridgehead atoms. The number of para-hydroxylation sites is 1. The molecule has 24 heavy (non-hydrogen) atoms. The first-order chi connectivity index (χ1) is 11.5. The van der Waals surface area contributed by atoms with Gasteiger partial charge in [-0.15, -0.1) is 0 Å². The Kier molecular flexibility index (Phi) is 4.41. The van der Waals surface area contributed by atoms with Gasteiger partial charge in [0.2, 0.25) is 5.91 Å². The van der Waals surface area contributed by atoms with E-state index < -0.39 is 0 Å². The number of nitrogens with zero attached hydrogens (tertiary/aromatic N) is 3. The van der Waals surface area contributed by atoms with Gasteiger partial charge in [0.25, 0.3) is 5.56 Å². The number of aromatic nitrogens is 4. The van der Waals surface area contributed by atoms with Crippen LogP contribution in [0.2, 0.25) is 0 Å². The lowest BCUT2D eigenvalue weighted by atomic mass is 10.2. The maximum Gasteiger partial charge on any atom is 0.258 e. The monoisotopic (exact) mass is 325 g/mol. The van der Waals surface area contributed by atoms with Crippen LogP contribution in [0.1, 0.15) is 32.1 Å². The van der Waals surface area contributed by atoms with Crippen molar-refractivity contribution >= 4 is 22.6 Å². The third-order valence-corrected chi connectivity index (χ3v) is 3.68. The molecule has 7 heteroatoms. The van der Waals surface area contributed by atoms with Crippen LogP contribution in [0.4, 0.5) is 5.82 Å². The molecule has 2 aromatic heterocycles. The van der Waals surface area contributed by atoms with Crippen LogP contribution >= 0.6 is 0 Å². The van der Waals surface area contributed by atoms with Gasteiger partial charge in [0.05, 0.1) is 17.1 Å². The number of fused-ring (bicyclic) bond motifs is 1. The van der Waals surface area contributed by atoms with E-state index in [1.807, 2.05) is 19.9 Å². The Bertz CT molecular complexity index is 926. The molecule has 0 saturated carbocycles. The van der Waals surface area contributed by atoms with E-state index >= 15 is 0 Å². The molecule has 0 saturated heterocycles. The Morgan fingerprint density at radius 1 is 1.29 bits per heavy atom. The van der Waals surface area contributed by atoms with Crippen molar-refractivity contribution in [1.82, 2.24) is 19.7 Å². The molecule has 0 aliphatic heterocycles. The van der Waals surface area contributed by atoms with E-state index in [0.29, 0.717) is 29.0 Å². The average molecular weight is 325 g/mol. The number of hydrogen-bond acceptors (Lipinski definition) is 4. The van der Waals surface area contributed by atoms with Gasteiger partial charge in [-0.1, -0.05) is 12.1 Å². The fraction of sp³-hybridized carbons (Fsp3) is 0.294. The van der Waals surface area contributed by atoms with Gasteiger partial charge in [-0.3, -0.25) is 9.59 Å². The number of H-pyrrole nitrogens is 1. The highest BCUT2D eigenvalue weighted by molar-refractivity contribution is 5.90. The quantitative estimate of drug-likeness (QED) is 0.752. The van der Waals surface area contributed by atoms with E-state index in [4.69, 9.17) is 0 Å². The number of rotatable bonds is 5. The van der Waals surface area contributed by atoms with Crippen LogP contribution in [0, 0.1) is 0 Å². The van der Waals surface area contributed by atoms with Gasteiger partial charge in [0, 0.05) is 24.9 Å². The number of amides is 1. The van der Waals surface area contributed by atoms with Crippen LogP contribution in [0.15, 0.2) is 41.3 Å². The summed E-state index contributed by atoms with van der Waals surface area (Å²) in [6.07, 6.45) is 2.24. The van der Waals surface area contributed by atoms with Gasteiger partial charge in [-0.05, 0) is 26.0 Å². The molecule has 0 unspecified atom stereocenters. The summed E-state index contributed by atoms with van der Waals surface area (Å²) in [6, 6.07) is 9.06. The minimum absolute atomic E-state index is 0.145. The number of aromatic amines is 1. The van der Waals surface area contributed by atoms with Crippen molar-refractivity contribution in [2.75, 3.05) is 5.32 Å². The van der Waals surface area contributed by atoms with Crippen LogP contribution < -0.4 is 10.9 Å². The molecule has 7 nitrogen and oxygen atoms in total. The van der Waals surface area contributed by atoms with Crippen LogP contribution in [0.25, 0.3) is 10.9 Å². The second-order valence-electron chi connectivity index (χ2n) is 5.83. The molecule has 3 rings (SSSR count). The van der Waals surface area contributed by atoms with Crippen LogP contribution in [0.3, 0.4) is 0 Å². The highest BCUT2D eigenvalue weighted by Crippen LogP contribution is 2.13. The Balaban J connectivity index is 1.68. The first-order valence-electron chi connectivity index (χ1n) is 7.86. The van der Waals surface area contributed by atoms with E-state index in [2.05, 4.69) is 20.4 Å². The summed E-state index contributed by atoms with van der Waals surface area (Å²) in [5.74, 6) is 1.02. The third kappa shape index (κ3) is 3.34. The molecule has 2 heterocycles. The van der Waals surface area contributed by atoms with Gasteiger partial charge >= 0.3 is 0 Å². The second-order valence-corrected chi connectivity index (χ2v) is 5.83. The maximum absolute atomic E-state index is 12.1. The van der Waals surface area contributed by atoms with Crippen LogP contribution in [-0.4, -0.2) is 25.7 Å². The maximum atomic E-state index is 12.1. The first-order valence-corrected chi connectivity index (χ1v) is 7.86. The summed E-state index contributed by atoms with van der Waals surface area (Å²) in [7, 11) is 0. The van der Waals surface area contributed by atoms with Gasteiger partial charge in [0.1, 0.15) is 11.6 Å². The van der Waals surface area contributed by atoms with Crippen molar-refractivity contribution in [2.45, 2.75) is 32.7 Å². The normalized spacial score (nSPS) is 11.1. The van der Waals surface area contributed by atoms with Crippen LogP contribution in [0.5, 0.6) is 0 Å². The summed E-state index contributed by atoms with van der Waals surface area (Å²) < 4.78 is 1.74. The summed E-state index contributed by atoms with van der Waals surface area (Å²) in [4.78, 5) is 31.3. The number of benzene rings is 1. The minimum Gasteiger partial charge on any atom is -0.311 e. The van der Waals surface area contributed by atoms with E-state index in [9.17, 15) is 9.59 Å². The second kappa shape index (κ2) is 6.66. The number of carbonyl (C=O) groups is 1. The number of aryl methyl sites for hydroxylation is 1. The van der Waals surface area contributed by atoms with Gasteiger partial charge in [-0.25, -0.2) is 9.67 Å². The van der Waals surface area contributed by atoms with Gasteiger partial charge in [0.15, 0.2) is 0 Å². The molecule has 0 aliphatic rings. The molecule has 124 valence electrons. The Hall–Kier alpha value is -2.96. The highest BCUT2D eigenvalue weighted by atomic mass is 16.1. The standard InChI is InChI=1S/C17H19N5O2/c1-11(2)22-15(9-10-18-22)21-16(23)8-7-14-19-13-6-4-3-5-12(13)17(24)20-14/h3-6,9-11H,7-8H2,1-2H3,(H,21,23)(H,19,20,24). The molecule has 2 N–H and O–H groups in total. The number of hydrogen-bond donors (Lipinski definition) is 2. The summed E-state index contributed by atoms with van der Waals surface area (Å²) in [5.41, 5.74) is 0.448.